The number of rotatable bonds is 6. The first-order chi connectivity index (χ1) is 13.3. The second-order valence-electron chi connectivity index (χ2n) is 5.41. The van der Waals surface area contributed by atoms with Crippen molar-refractivity contribution >= 4 is 41.0 Å². The molecule has 146 valence electrons. The van der Waals surface area contributed by atoms with Crippen molar-refractivity contribution in [2.45, 2.75) is 13.0 Å². The lowest BCUT2D eigenvalue weighted by Crippen LogP contribution is -2.43. The van der Waals surface area contributed by atoms with E-state index in [4.69, 9.17) is 28.6 Å². The van der Waals surface area contributed by atoms with Gasteiger partial charge in [-0.3, -0.25) is 25.6 Å². The Hall–Kier alpha value is -3.17. The quantitative estimate of drug-likeness (QED) is 0.283. The van der Waals surface area contributed by atoms with Crippen LogP contribution in [0.15, 0.2) is 42.5 Å². The van der Waals surface area contributed by atoms with Gasteiger partial charge in [-0.05, 0) is 29.3 Å². The molecular weight excluding hydrogens is 411 g/mol. The van der Waals surface area contributed by atoms with Crippen molar-refractivity contribution in [3.63, 3.8) is 0 Å². The zero-order valence-electron chi connectivity index (χ0n) is 14.2. The number of halogens is 2. The van der Waals surface area contributed by atoms with Gasteiger partial charge in [-0.2, -0.15) is 0 Å². The molecule has 0 fully saturated rings. The number of carbonyl (C=O) groups excluding carboxylic acids is 2. The summed E-state index contributed by atoms with van der Waals surface area (Å²) in [4.78, 5) is 39.0. The molecule has 3 N–H and O–H groups in total. The predicted octanol–water partition coefficient (Wildman–Crippen LogP) is 2.73. The Bertz CT molecular complexity index is 915. The molecule has 0 aliphatic rings. The van der Waals surface area contributed by atoms with Crippen LogP contribution >= 0.6 is 23.2 Å². The Morgan fingerprint density at radius 1 is 1.07 bits per heavy atom. The minimum absolute atomic E-state index is 0.0671. The first kappa shape index (κ1) is 21.1. The summed E-state index contributed by atoms with van der Waals surface area (Å²) in [5.74, 6) is -1.91. The summed E-state index contributed by atoms with van der Waals surface area (Å²) < 4.78 is 0. The molecular formula is C17H14Cl2N4O5. The van der Waals surface area contributed by atoms with Gasteiger partial charge in [0.1, 0.15) is 6.61 Å². The summed E-state index contributed by atoms with van der Waals surface area (Å²) in [6, 6.07) is 10.8. The first-order valence-corrected chi connectivity index (χ1v) is 8.51. The van der Waals surface area contributed by atoms with Crippen LogP contribution in [0.5, 0.6) is 0 Å². The molecule has 0 atom stereocenters. The van der Waals surface area contributed by atoms with Gasteiger partial charge >= 0.3 is 0 Å². The molecule has 2 amide bonds. The minimum Gasteiger partial charge on any atom is -0.309 e. The van der Waals surface area contributed by atoms with Gasteiger partial charge in [0.15, 0.2) is 0 Å². The molecule has 28 heavy (non-hydrogen) atoms. The topological polar surface area (TPSA) is 134 Å². The number of benzene rings is 2. The van der Waals surface area contributed by atoms with Crippen molar-refractivity contribution in [1.82, 2.24) is 10.6 Å². The van der Waals surface area contributed by atoms with E-state index in [0.717, 1.165) is 0 Å². The molecule has 0 radical (unpaired) electrons. The minimum atomic E-state index is -0.975. The van der Waals surface area contributed by atoms with Crippen LogP contribution in [-0.2, 0) is 22.7 Å². The Labute approximate surface area is 169 Å². The standard InChI is InChI=1S/C17H14Cl2N4O5/c18-13-6-3-7-14(19)12(13)8-15(24)21-17(20)22-16(25)11-5-2-1-4-10(11)9-28-23(26)27/h1-7H,8-9H2,(H3,20,21,22,24,25). The fourth-order valence-corrected chi connectivity index (χ4v) is 2.78. The Morgan fingerprint density at radius 2 is 1.71 bits per heavy atom. The lowest BCUT2D eigenvalue weighted by Gasteiger charge is -2.12. The number of amides is 2. The molecule has 0 heterocycles. The predicted molar refractivity (Wildman–Crippen MR) is 102 cm³/mol. The first-order valence-electron chi connectivity index (χ1n) is 7.75. The van der Waals surface area contributed by atoms with Gasteiger partial charge < -0.3 is 4.84 Å². The van der Waals surface area contributed by atoms with E-state index in [1.54, 1.807) is 30.3 Å². The molecule has 0 aliphatic heterocycles. The Balaban J connectivity index is 1.98. The summed E-state index contributed by atoms with van der Waals surface area (Å²) in [6.45, 7) is -0.429. The van der Waals surface area contributed by atoms with Crippen LogP contribution in [0.3, 0.4) is 0 Å². The largest absolute Gasteiger partial charge is 0.309 e. The van der Waals surface area contributed by atoms with Gasteiger partial charge in [0.05, 0.1) is 6.42 Å². The molecule has 0 aliphatic carbocycles. The lowest BCUT2D eigenvalue weighted by atomic mass is 10.1. The van der Waals surface area contributed by atoms with Crippen molar-refractivity contribution in [2.24, 2.45) is 0 Å². The highest BCUT2D eigenvalue weighted by molar-refractivity contribution is 6.36. The number of guanidine groups is 1. The third kappa shape index (κ3) is 5.93. The van der Waals surface area contributed by atoms with Crippen LogP contribution in [-0.4, -0.2) is 22.9 Å². The third-order valence-corrected chi connectivity index (χ3v) is 4.20. The van der Waals surface area contributed by atoms with Crippen molar-refractivity contribution in [3.05, 3.63) is 79.3 Å². The second-order valence-corrected chi connectivity index (χ2v) is 6.22. The van der Waals surface area contributed by atoms with E-state index in [-0.39, 0.29) is 17.5 Å². The van der Waals surface area contributed by atoms with Gasteiger partial charge in [0.25, 0.3) is 11.0 Å². The maximum atomic E-state index is 12.3. The van der Waals surface area contributed by atoms with Gasteiger partial charge in [-0.15, -0.1) is 10.1 Å². The van der Waals surface area contributed by atoms with E-state index >= 15 is 0 Å². The molecule has 11 heteroatoms. The van der Waals surface area contributed by atoms with Crippen LogP contribution in [0.25, 0.3) is 0 Å². The van der Waals surface area contributed by atoms with Crippen LogP contribution in [0.1, 0.15) is 21.5 Å². The van der Waals surface area contributed by atoms with E-state index < -0.39 is 29.5 Å². The van der Waals surface area contributed by atoms with E-state index in [9.17, 15) is 19.7 Å². The van der Waals surface area contributed by atoms with E-state index in [1.807, 2.05) is 0 Å². The summed E-state index contributed by atoms with van der Waals surface area (Å²) in [6.07, 6.45) is -0.190. The van der Waals surface area contributed by atoms with Crippen LogP contribution < -0.4 is 10.6 Å². The van der Waals surface area contributed by atoms with Crippen molar-refractivity contribution in [1.29, 1.82) is 5.41 Å². The van der Waals surface area contributed by atoms with Crippen LogP contribution in [0, 0.1) is 15.5 Å². The third-order valence-electron chi connectivity index (χ3n) is 3.49. The number of hydrogen-bond donors (Lipinski definition) is 3. The highest BCUT2D eigenvalue weighted by Crippen LogP contribution is 2.24. The van der Waals surface area contributed by atoms with Gasteiger partial charge in [-0.1, -0.05) is 47.5 Å². The molecule has 0 bridgehead atoms. The second kappa shape index (κ2) is 9.67. The van der Waals surface area contributed by atoms with Gasteiger partial charge in [-0.25, -0.2) is 0 Å². The monoisotopic (exact) mass is 424 g/mol. The molecule has 0 saturated heterocycles. The number of carbonyl (C=O) groups is 2. The SMILES string of the molecule is N=C(NC(=O)Cc1c(Cl)cccc1Cl)NC(=O)c1ccccc1CO[N+](=O)[O-]. The molecule has 0 saturated carbocycles. The van der Waals surface area contributed by atoms with Crippen molar-refractivity contribution in [2.75, 3.05) is 0 Å². The van der Waals surface area contributed by atoms with E-state index in [2.05, 4.69) is 15.5 Å². The number of nitrogens with one attached hydrogen (secondary N) is 3. The maximum Gasteiger partial charge on any atom is 0.294 e. The molecule has 2 aromatic carbocycles. The summed E-state index contributed by atoms with van der Waals surface area (Å²) in [5, 5.41) is 22.1. The van der Waals surface area contributed by atoms with Crippen LogP contribution in [0.2, 0.25) is 10.0 Å². The number of nitrogens with zero attached hydrogens (tertiary/aromatic N) is 1. The zero-order chi connectivity index (χ0) is 20.7. The van der Waals surface area contributed by atoms with Crippen molar-refractivity contribution < 1.29 is 19.5 Å². The highest BCUT2D eigenvalue weighted by Gasteiger charge is 2.16. The average molecular weight is 425 g/mol. The fraction of sp³-hybridized carbons (Fsp3) is 0.118. The van der Waals surface area contributed by atoms with E-state index in [0.29, 0.717) is 15.6 Å². The fourth-order valence-electron chi connectivity index (χ4n) is 2.25. The summed E-state index contributed by atoms with van der Waals surface area (Å²) >= 11 is 12.0. The van der Waals surface area contributed by atoms with Crippen LogP contribution in [0.4, 0.5) is 0 Å². The zero-order valence-corrected chi connectivity index (χ0v) is 15.7. The molecule has 0 aromatic heterocycles. The lowest BCUT2D eigenvalue weighted by molar-refractivity contribution is -0.763. The molecule has 0 unspecified atom stereocenters. The van der Waals surface area contributed by atoms with E-state index in [1.165, 1.54) is 12.1 Å². The highest BCUT2D eigenvalue weighted by atomic mass is 35.5. The molecule has 2 aromatic rings. The Morgan fingerprint density at radius 3 is 2.36 bits per heavy atom. The molecule has 9 nitrogen and oxygen atoms in total. The summed E-state index contributed by atoms with van der Waals surface area (Å²) in [5.41, 5.74) is 0.709. The van der Waals surface area contributed by atoms with Gasteiger partial charge in [0, 0.05) is 15.6 Å². The van der Waals surface area contributed by atoms with Crippen molar-refractivity contribution in [3.8, 4) is 0 Å². The Kier molecular flexibility index (Phi) is 7.30. The van der Waals surface area contributed by atoms with Gasteiger partial charge in [0.2, 0.25) is 11.9 Å². The summed E-state index contributed by atoms with van der Waals surface area (Å²) in [7, 11) is 0. The normalized spacial score (nSPS) is 10.1. The molecule has 2 rings (SSSR count). The maximum absolute atomic E-state index is 12.3. The average Bonchev–Trinajstić information content (AvgIpc) is 2.63. The molecule has 0 spiro atoms. The number of hydrogen-bond acceptors (Lipinski definition) is 6. The smallest absolute Gasteiger partial charge is 0.294 e.